The predicted octanol–water partition coefficient (Wildman–Crippen LogP) is 5.11. The summed E-state index contributed by atoms with van der Waals surface area (Å²) in [6.07, 6.45) is 6.00. The van der Waals surface area contributed by atoms with Gasteiger partial charge in [0.25, 0.3) is 11.6 Å². The summed E-state index contributed by atoms with van der Waals surface area (Å²) in [5.41, 5.74) is 4.32. The van der Waals surface area contributed by atoms with Gasteiger partial charge in [0.15, 0.2) is 10.9 Å². The van der Waals surface area contributed by atoms with Crippen molar-refractivity contribution in [2.45, 2.75) is 10.1 Å². The largest absolute Gasteiger partial charge is 0.463 e. The molecule has 0 radical (unpaired) electrons. The molecule has 0 aliphatic heterocycles. The van der Waals surface area contributed by atoms with E-state index in [0.29, 0.717) is 43.5 Å². The summed E-state index contributed by atoms with van der Waals surface area (Å²) in [7, 11) is 0. The first-order chi connectivity index (χ1) is 17.6. The van der Waals surface area contributed by atoms with Gasteiger partial charge in [0.05, 0.1) is 33.4 Å². The number of nitrogens with one attached hydrogen (secondary N) is 1. The number of amides is 1. The van der Waals surface area contributed by atoms with Gasteiger partial charge in [-0.25, -0.2) is 20.4 Å². The first kappa shape index (κ1) is 22.9. The number of nitro groups is 1. The van der Waals surface area contributed by atoms with E-state index < -0.39 is 10.8 Å². The fourth-order valence-corrected chi connectivity index (χ4v) is 4.22. The SMILES string of the molecule is O=C(N/N=C\c1ccc(Sc2ncccn2)c([N+](=O)[O-])c1)c1cc(-c2ccco2)nc2ccccc12. The van der Waals surface area contributed by atoms with Gasteiger partial charge in [0.2, 0.25) is 0 Å². The lowest BCUT2D eigenvalue weighted by Crippen LogP contribution is -2.18. The quantitative estimate of drug-likeness (QED) is 0.142. The number of fused-ring (bicyclic) bond motifs is 1. The second kappa shape index (κ2) is 10.2. The molecule has 0 unspecified atom stereocenters. The molecule has 36 heavy (non-hydrogen) atoms. The van der Waals surface area contributed by atoms with Gasteiger partial charge in [0, 0.05) is 29.4 Å². The van der Waals surface area contributed by atoms with Crippen molar-refractivity contribution < 1.29 is 14.1 Å². The van der Waals surface area contributed by atoms with Crippen LogP contribution < -0.4 is 5.43 Å². The second-order valence-electron chi connectivity index (χ2n) is 7.37. The van der Waals surface area contributed by atoms with Crippen molar-refractivity contribution >= 4 is 40.5 Å². The standard InChI is InChI=1S/C25H16N6O4S/c32-24(18-14-20(22-7-3-12-35-22)29-19-6-2-1-5-17(18)19)30-28-15-16-8-9-23(21(13-16)31(33)34)36-25-26-10-4-11-27-25/h1-15H,(H,30,32)/b28-15-. The lowest BCUT2D eigenvalue weighted by atomic mass is 10.1. The first-order valence-corrected chi connectivity index (χ1v) is 11.4. The molecule has 0 aliphatic rings. The average molecular weight is 497 g/mol. The van der Waals surface area contributed by atoms with Gasteiger partial charge < -0.3 is 4.42 Å². The van der Waals surface area contributed by atoms with Crippen LogP contribution >= 0.6 is 11.8 Å². The smallest absolute Gasteiger partial charge is 0.283 e. The Balaban J connectivity index is 1.38. The summed E-state index contributed by atoms with van der Waals surface area (Å²) < 4.78 is 5.43. The zero-order chi connectivity index (χ0) is 24.9. The molecular formula is C25H16N6O4S. The van der Waals surface area contributed by atoms with Crippen molar-refractivity contribution in [3.05, 3.63) is 107 Å². The van der Waals surface area contributed by atoms with Gasteiger partial charge in [-0.05, 0) is 48.2 Å². The van der Waals surface area contributed by atoms with Crippen LogP contribution in [0, 0.1) is 10.1 Å². The zero-order valence-electron chi connectivity index (χ0n) is 18.4. The molecule has 2 aromatic carbocycles. The van der Waals surface area contributed by atoms with Gasteiger partial charge >= 0.3 is 0 Å². The van der Waals surface area contributed by atoms with Crippen LogP contribution in [-0.2, 0) is 0 Å². The normalized spacial score (nSPS) is 11.1. The highest BCUT2D eigenvalue weighted by molar-refractivity contribution is 7.99. The fraction of sp³-hybridized carbons (Fsp3) is 0. The summed E-state index contributed by atoms with van der Waals surface area (Å²) in [4.78, 5) is 37.2. The molecule has 0 atom stereocenters. The highest BCUT2D eigenvalue weighted by atomic mass is 32.2. The number of hydrogen-bond donors (Lipinski definition) is 1. The molecule has 176 valence electrons. The molecule has 0 spiro atoms. The summed E-state index contributed by atoms with van der Waals surface area (Å²) >= 11 is 1.09. The van der Waals surface area contributed by atoms with E-state index in [-0.39, 0.29) is 5.69 Å². The Morgan fingerprint density at radius 2 is 1.89 bits per heavy atom. The number of nitro benzene ring substituents is 1. The van der Waals surface area contributed by atoms with Crippen LogP contribution in [0.4, 0.5) is 5.69 Å². The monoisotopic (exact) mass is 496 g/mol. The van der Waals surface area contributed by atoms with Crippen LogP contribution in [0.15, 0.2) is 105 Å². The zero-order valence-corrected chi connectivity index (χ0v) is 19.3. The Morgan fingerprint density at radius 1 is 1.06 bits per heavy atom. The molecule has 0 bridgehead atoms. The van der Waals surface area contributed by atoms with E-state index in [1.807, 2.05) is 12.1 Å². The van der Waals surface area contributed by atoms with Gasteiger partial charge in [-0.2, -0.15) is 5.10 Å². The number of aromatic nitrogens is 3. The molecular weight excluding hydrogens is 480 g/mol. The molecule has 3 aromatic heterocycles. The number of carbonyl (C=O) groups excluding carboxylic acids is 1. The number of hydrazone groups is 1. The predicted molar refractivity (Wildman–Crippen MR) is 134 cm³/mol. The maximum Gasteiger partial charge on any atom is 0.283 e. The number of carbonyl (C=O) groups is 1. The summed E-state index contributed by atoms with van der Waals surface area (Å²) in [6, 6.07) is 18.7. The molecule has 1 amide bonds. The van der Waals surface area contributed by atoms with E-state index in [1.54, 1.807) is 60.9 Å². The third-order valence-corrected chi connectivity index (χ3v) is 6.00. The maximum absolute atomic E-state index is 13.0. The number of pyridine rings is 1. The molecule has 0 fully saturated rings. The Kier molecular flexibility index (Phi) is 6.45. The topological polar surface area (TPSA) is 136 Å². The Hall–Kier alpha value is -4.90. The van der Waals surface area contributed by atoms with E-state index in [0.717, 1.165) is 11.8 Å². The van der Waals surface area contributed by atoms with Gasteiger partial charge in [0.1, 0.15) is 5.69 Å². The van der Waals surface area contributed by atoms with Crippen molar-refractivity contribution in [2.24, 2.45) is 5.10 Å². The van der Waals surface area contributed by atoms with Crippen LogP contribution in [0.3, 0.4) is 0 Å². The Morgan fingerprint density at radius 3 is 2.67 bits per heavy atom. The van der Waals surface area contributed by atoms with Crippen molar-refractivity contribution in [2.75, 3.05) is 0 Å². The Bertz CT molecular complexity index is 1590. The van der Waals surface area contributed by atoms with Crippen LogP contribution in [0.25, 0.3) is 22.4 Å². The third-order valence-electron chi connectivity index (χ3n) is 5.04. The van der Waals surface area contributed by atoms with Crippen molar-refractivity contribution in [1.82, 2.24) is 20.4 Å². The molecule has 10 nitrogen and oxygen atoms in total. The van der Waals surface area contributed by atoms with E-state index in [4.69, 9.17) is 4.42 Å². The number of nitrogens with zero attached hydrogens (tertiary/aromatic N) is 5. The van der Waals surface area contributed by atoms with Gasteiger partial charge in [-0.1, -0.05) is 24.3 Å². The number of para-hydroxylation sites is 1. The van der Waals surface area contributed by atoms with Crippen molar-refractivity contribution in [3.63, 3.8) is 0 Å². The lowest BCUT2D eigenvalue weighted by Gasteiger charge is -2.07. The highest BCUT2D eigenvalue weighted by Gasteiger charge is 2.17. The molecule has 0 saturated carbocycles. The van der Waals surface area contributed by atoms with E-state index in [2.05, 4.69) is 25.5 Å². The minimum atomic E-state index is -0.486. The van der Waals surface area contributed by atoms with Crippen molar-refractivity contribution in [3.8, 4) is 11.5 Å². The van der Waals surface area contributed by atoms with Crippen LogP contribution in [0.2, 0.25) is 0 Å². The minimum absolute atomic E-state index is 0.119. The lowest BCUT2D eigenvalue weighted by molar-refractivity contribution is -0.387. The van der Waals surface area contributed by atoms with E-state index in [9.17, 15) is 14.9 Å². The van der Waals surface area contributed by atoms with Crippen molar-refractivity contribution in [1.29, 1.82) is 0 Å². The highest BCUT2D eigenvalue weighted by Crippen LogP contribution is 2.33. The van der Waals surface area contributed by atoms with E-state index >= 15 is 0 Å². The number of furan rings is 1. The second-order valence-corrected chi connectivity index (χ2v) is 8.38. The molecule has 5 aromatic rings. The number of hydrogen-bond acceptors (Lipinski definition) is 9. The van der Waals surface area contributed by atoms with Crippen LogP contribution in [0.5, 0.6) is 0 Å². The van der Waals surface area contributed by atoms with E-state index in [1.165, 1.54) is 18.5 Å². The summed E-state index contributed by atoms with van der Waals surface area (Å²) in [6.45, 7) is 0. The number of rotatable bonds is 7. The van der Waals surface area contributed by atoms with Gasteiger partial charge in [-0.15, -0.1) is 0 Å². The Labute approximate surface area is 208 Å². The molecule has 3 heterocycles. The molecule has 1 N–H and O–H groups in total. The van der Waals surface area contributed by atoms with Gasteiger partial charge in [-0.3, -0.25) is 14.9 Å². The summed E-state index contributed by atoms with van der Waals surface area (Å²) in [5.74, 6) is 0.0741. The third kappa shape index (κ3) is 4.95. The fourth-order valence-electron chi connectivity index (χ4n) is 3.42. The molecule has 5 rings (SSSR count). The van der Waals surface area contributed by atoms with Crippen LogP contribution in [0.1, 0.15) is 15.9 Å². The minimum Gasteiger partial charge on any atom is -0.463 e. The molecule has 0 aliphatic carbocycles. The van der Waals surface area contributed by atoms with Crippen LogP contribution in [-0.4, -0.2) is 32.0 Å². The summed E-state index contributed by atoms with van der Waals surface area (Å²) in [5, 5.41) is 16.7. The first-order valence-electron chi connectivity index (χ1n) is 10.6. The molecule has 0 saturated heterocycles. The maximum atomic E-state index is 13.0. The average Bonchev–Trinajstić information content (AvgIpc) is 3.44. The number of benzene rings is 2. The molecule has 11 heteroatoms.